The van der Waals surface area contributed by atoms with Gasteiger partial charge in [0.1, 0.15) is 5.75 Å². The minimum Gasteiger partial charge on any atom is -0.484 e. The average Bonchev–Trinajstić information content (AvgIpc) is 2.55. The number of amides is 1. The second-order valence-corrected chi connectivity index (χ2v) is 7.05. The lowest BCUT2D eigenvalue weighted by molar-refractivity contribution is -0.118. The van der Waals surface area contributed by atoms with Crippen LogP contribution >= 0.6 is 38.5 Å². The van der Waals surface area contributed by atoms with Crippen molar-refractivity contribution in [3.8, 4) is 5.75 Å². The molecule has 5 heteroatoms. The number of fused-ring (bicyclic) bond motifs is 1. The molecular formula is C18H13BrINO2. The lowest BCUT2D eigenvalue weighted by Crippen LogP contribution is -2.20. The van der Waals surface area contributed by atoms with Crippen molar-refractivity contribution in [1.82, 2.24) is 0 Å². The summed E-state index contributed by atoms with van der Waals surface area (Å²) in [5.74, 6) is 0.503. The molecule has 3 nitrogen and oxygen atoms in total. The highest BCUT2D eigenvalue weighted by Crippen LogP contribution is 2.23. The lowest BCUT2D eigenvalue weighted by Gasteiger charge is -2.10. The zero-order valence-electron chi connectivity index (χ0n) is 12.1. The van der Waals surface area contributed by atoms with Crippen molar-refractivity contribution in [2.24, 2.45) is 0 Å². The van der Waals surface area contributed by atoms with Crippen LogP contribution in [-0.2, 0) is 4.79 Å². The van der Waals surface area contributed by atoms with E-state index in [0.29, 0.717) is 5.75 Å². The highest BCUT2D eigenvalue weighted by Gasteiger charge is 2.07. The molecule has 0 aliphatic carbocycles. The summed E-state index contributed by atoms with van der Waals surface area (Å²) < 4.78 is 7.54. The molecule has 1 amide bonds. The second-order valence-electron chi connectivity index (χ2n) is 4.97. The number of ether oxygens (including phenoxy) is 1. The molecule has 23 heavy (non-hydrogen) atoms. The predicted octanol–water partition coefficient (Wildman–Crippen LogP) is 5.22. The van der Waals surface area contributed by atoms with E-state index in [9.17, 15) is 4.79 Å². The normalized spacial score (nSPS) is 10.5. The molecule has 3 aromatic carbocycles. The Bertz CT molecular complexity index is 867. The minimum absolute atomic E-state index is 0.0233. The molecule has 0 aliphatic rings. The van der Waals surface area contributed by atoms with E-state index >= 15 is 0 Å². The van der Waals surface area contributed by atoms with E-state index in [2.05, 4.69) is 43.8 Å². The molecule has 116 valence electrons. The van der Waals surface area contributed by atoms with Gasteiger partial charge in [-0.2, -0.15) is 0 Å². The fraction of sp³-hybridized carbons (Fsp3) is 0.0556. The van der Waals surface area contributed by atoms with Crippen LogP contribution in [0, 0.1) is 3.57 Å². The summed E-state index contributed by atoms with van der Waals surface area (Å²) in [5.41, 5.74) is 0.779. The summed E-state index contributed by atoms with van der Waals surface area (Å²) in [5, 5.41) is 5.09. The van der Waals surface area contributed by atoms with Crippen LogP contribution in [0.2, 0.25) is 0 Å². The van der Waals surface area contributed by atoms with E-state index in [1.807, 2.05) is 60.7 Å². The first kappa shape index (κ1) is 16.3. The molecule has 0 heterocycles. The van der Waals surface area contributed by atoms with Gasteiger partial charge in [-0.1, -0.05) is 46.3 Å². The van der Waals surface area contributed by atoms with Gasteiger partial charge in [0.2, 0.25) is 0 Å². The summed E-state index contributed by atoms with van der Waals surface area (Å²) in [7, 11) is 0. The van der Waals surface area contributed by atoms with Crippen molar-refractivity contribution in [3.05, 3.63) is 68.7 Å². The molecule has 0 bridgehead atoms. The Morgan fingerprint density at radius 3 is 2.61 bits per heavy atom. The van der Waals surface area contributed by atoms with Crippen molar-refractivity contribution in [2.45, 2.75) is 0 Å². The van der Waals surface area contributed by atoms with Gasteiger partial charge in [-0.15, -0.1) is 0 Å². The molecular weight excluding hydrogens is 469 g/mol. The topological polar surface area (TPSA) is 38.3 Å². The number of nitrogens with one attached hydrogen (secondary N) is 1. The summed E-state index contributed by atoms with van der Waals surface area (Å²) in [6.07, 6.45) is 0. The Morgan fingerprint density at radius 1 is 1.04 bits per heavy atom. The van der Waals surface area contributed by atoms with Crippen LogP contribution in [0.5, 0.6) is 5.75 Å². The van der Waals surface area contributed by atoms with Gasteiger partial charge in [-0.05, 0) is 63.7 Å². The number of carbonyl (C=O) groups is 1. The Labute approximate surface area is 156 Å². The van der Waals surface area contributed by atoms with Crippen molar-refractivity contribution >= 4 is 60.9 Å². The monoisotopic (exact) mass is 481 g/mol. The molecule has 0 saturated heterocycles. The largest absolute Gasteiger partial charge is 0.484 e. The van der Waals surface area contributed by atoms with Crippen LogP contribution in [0.15, 0.2) is 65.1 Å². The molecule has 3 aromatic rings. The molecule has 0 spiro atoms. The number of rotatable bonds is 4. The van der Waals surface area contributed by atoms with Crippen LogP contribution in [0.3, 0.4) is 0 Å². The lowest BCUT2D eigenvalue weighted by atomic mass is 10.1. The Morgan fingerprint density at radius 2 is 1.83 bits per heavy atom. The SMILES string of the molecule is O=C(COc1ccc2ccccc2c1)Nc1ccc(Br)cc1I. The third-order valence-corrected chi connectivity index (χ3v) is 4.68. The van der Waals surface area contributed by atoms with Crippen molar-refractivity contribution in [3.63, 3.8) is 0 Å². The first-order valence-corrected chi connectivity index (χ1v) is 8.85. The molecule has 0 saturated carbocycles. The zero-order chi connectivity index (χ0) is 16.2. The molecule has 0 fully saturated rings. The third kappa shape index (κ3) is 4.23. The van der Waals surface area contributed by atoms with Gasteiger partial charge in [0.25, 0.3) is 5.91 Å². The van der Waals surface area contributed by atoms with Gasteiger partial charge in [0, 0.05) is 8.04 Å². The van der Waals surface area contributed by atoms with Gasteiger partial charge < -0.3 is 10.1 Å². The quantitative estimate of drug-likeness (QED) is 0.518. The number of anilines is 1. The van der Waals surface area contributed by atoms with Gasteiger partial charge in [0.15, 0.2) is 6.61 Å². The second kappa shape index (κ2) is 7.31. The maximum absolute atomic E-state index is 12.0. The smallest absolute Gasteiger partial charge is 0.262 e. The highest BCUT2D eigenvalue weighted by molar-refractivity contribution is 14.1. The predicted molar refractivity (Wildman–Crippen MR) is 105 cm³/mol. The fourth-order valence-corrected chi connectivity index (χ4v) is 3.62. The van der Waals surface area contributed by atoms with E-state index in [1.54, 1.807) is 0 Å². The summed E-state index contributed by atoms with van der Waals surface area (Å²) in [6, 6.07) is 19.5. The standard InChI is InChI=1S/C18H13BrINO2/c19-14-6-8-17(16(20)10-14)21-18(22)11-23-15-7-5-12-3-1-2-4-13(12)9-15/h1-10H,11H2,(H,21,22). The number of benzene rings is 3. The van der Waals surface area contributed by atoms with Crippen molar-refractivity contribution < 1.29 is 9.53 Å². The van der Waals surface area contributed by atoms with Crippen LogP contribution in [0.4, 0.5) is 5.69 Å². The van der Waals surface area contributed by atoms with E-state index in [-0.39, 0.29) is 12.5 Å². The number of halogens is 2. The fourth-order valence-electron chi connectivity index (χ4n) is 2.18. The molecule has 0 radical (unpaired) electrons. The first-order chi connectivity index (χ1) is 11.1. The van der Waals surface area contributed by atoms with E-state index in [0.717, 1.165) is 24.5 Å². The molecule has 0 unspecified atom stereocenters. The average molecular weight is 482 g/mol. The first-order valence-electron chi connectivity index (χ1n) is 6.98. The van der Waals surface area contributed by atoms with Crippen LogP contribution in [0.1, 0.15) is 0 Å². The van der Waals surface area contributed by atoms with Gasteiger partial charge in [0.05, 0.1) is 5.69 Å². The summed E-state index contributed by atoms with van der Waals surface area (Å²) in [6.45, 7) is -0.0233. The Kier molecular flexibility index (Phi) is 5.17. The van der Waals surface area contributed by atoms with Gasteiger partial charge in [-0.3, -0.25) is 4.79 Å². The number of hydrogen-bond donors (Lipinski definition) is 1. The van der Waals surface area contributed by atoms with E-state index in [4.69, 9.17) is 4.74 Å². The molecule has 0 aliphatic heterocycles. The molecule has 0 aromatic heterocycles. The summed E-state index contributed by atoms with van der Waals surface area (Å²) >= 11 is 5.58. The zero-order valence-corrected chi connectivity index (χ0v) is 15.8. The molecule has 3 rings (SSSR count). The van der Waals surface area contributed by atoms with E-state index < -0.39 is 0 Å². The third-order valence-electron chi connectivity index (χ3n) is 3.30. The molecule has 1 N–H and O–H groups in total. The van der Waals surface area contributed by atoms with Crippen LogP contribution < -0.4 is 10.1 Å². The van der Waals surface area contributed by atoms with Crippen LogP contribution in [0.25, 0.3) is 10.8 Å². The minimum atomic E-state index is -0.182. The Hall–Kier alpha value is -1.60. The van der Waals surface area contributed by atoms with Crippen molar-refractivity contribution in [1.29, 1.82) is 0 Å². The summed E-state index contributed by atoms with van der Waals surface area (Å²) in [4.78, 5) is 12.0. The Balaban J connectivity index is 1.63. The van der Waals surface area contributed by atoms with E-state index in [1.165, 1.54) is 0 Å². The number of hydrogen-bond acceptors (Lipinski definition) is 2. The molecule has 0 atom stereocenters. The number of carbonyl (C=O) groups excluding carboxylic acids is 1. The van der Waals surface area contributed by atoms with Crippen LogP contribution in [-0.4, -0.2) is 12.5 Å². The maximum atomic E-state index is 12.0. The van der Waals surface area contributed by atoms with Gasteiger partial charge >= 0.3 is 0 Å². The van der Waals surface area contributed by atoms with Gasteiger partial charge in [-0.25, -0.2) is 0 Å². The highest BCUT2D eigenvalue weighted by atomic mass is 127. The van der Waals surface area contributed by atoms with Crippen molar-refractivity contribution in [2.75, 3.05) is 11.9 Å². The maximum Gasteiger partial charge on any atom is 0.262 e.